The van der Waals surface area contributed by atoms with Crippen LogP contribution in [0.1, 0.15) is 46.5 Å². The van der Waals surface area contributed by atoms with Crippen LogP contribution in [0.4, 0.5) is 13.6 Å². The van der Waals surface area contributed by atoms with E-state index >= 15 is 0 Å². The molecule has 1 unspecified atom stereocenters. The number of halogens is 2. The minimum absolute atomic E-state index is 0.108. The number of hydrogen-bond acceptors (Lipinski definition) is 4. The van der Waals surface area contributed by atoms with Crippen molar-refractivity contribution in [1.29, 1.82) is 0 Å². The number of carbonyl (C=O) groups excluding carboxylic acids is 1. The molecule has 1 saturated carbocycles. The Labute approximate surface area is 127 Å². The number of ether oxygens (including phenoxy) is 2. The second-order valence-corrected chi connectivity index (χ2v) is 6.82. The van der Waals surface area contributed by atoms with Crippen LogP contribution in [0.3, 0.4) is 0 Å². The van der Waals surface area contributed by atoms with Crippen LogP contribution in [-0.2, 0) is 14.3 Å². The van der Waals surface area contributed by atoms with Crippen molar-refractivity contribution < 1.29 is 33.0 Å². The van der Waals surface area contributed by atoms with Crippen molar-refractivity contribution in [3.63, 3.8) is 0 Å². The van der Waals surface area contributed by atoms with Gasteiger partial charge in [0.05, 0.1) is 6.61 Å². The van der Waals surface area contributed by atoms with Crippen LogP contribution in [0.2, 0.25) is 0 Å². The van der Waals surface area contributed by atoms with E-state index in [2.05, 4.69) is 0 Å². The molecule has 1 N–H and O–H groups in total. The molecule has 22 heavy (non-hydrogen) atoms. The SMILES string of the molecule is CC(C)(C)OC(=O)N1C(C(=O)O)COC12CCC(F)(F)CC2. The van der Waals surface area contributed by atoms with Crippen LogP contribution in [0, 0.1) is 0 Å². The van der Waals surface area contributed by atoms with Gasteiger partial charge in [-0.2, -0.15) is 0 Å². The Bertz CT molecular complexity index is 464. The summed E-state index contributed by atoms with van der Waals surface area (Å²) in [5.41, 5.74) is -2.13. The molecule has 8 heteroatoms. The molecule has 0 aromatic rings. The smallest absolute Gasteiger partial charge is 0.413 e. The van der Waals surface area contributed by atoms with Gasteiger partial charge in [0.1, 0.15) is 11.3 Å². The summed E-state index contributed by atoms with van der Waals surface area (Å²) in [5.74, 6) is -4.05. The second kappa shape index (κ2) is 5.33. The zero-order valence-electron chi connectivity index (χ0n) is 12.9. The van der Waals surface area contributed by atoms with Gasteiger partial charge in [0, 0.05) is 25.7 Å². The molecular weight excluding hydrogens is 300 g/mol. The third-order valence-corrected chi connectivity index (χ3v) is 3.90. The zero-order chi connectivity index (χ0) is 16.8. The number of nitrogens with zero attached hydrogens (tertiary/aromatic N) is 1. The maximum absolute atomic E-state index is 13.4. The molecule has 1 heterocycles. The van der Waals surface area contributed by atoms with Gasteiger partial charge >= 0.3 is 12.1 Å². The zero-order valence-corrected chi connectivity index (χ0v) is 12.9. The van der Waals surface area contributed by atoms with E-state index < -0.39 is 48.2 Å². The summed E-state index contributed by atoms with van der Waals surface area (Å²) in [5, 5.41) is 9.27. The monoisotopic (exact) mass is 321 g/mol. The summed E-state index contributed by atoms with van der Waals surface area (Å²) in [6, 6.07) is -1.22. The lowest BCUT2D eigenvalue weighted by Crippen LogP contribution is -2.57. The Morgan fingerprint density at radius 1 is 1.23 bits per heavy atom. The van der Waals surface area contributed by atoms with Gasteiger partial charge in [0.25, 0.3) is 0 Å². The number of amides is 1. The van der Waals surface area contributed by atoms with E-state index in [9.17, 15) is 23.5 Å². The van der Waals surface area contributed by atoms with Crippen LogP contribution in [-0.4, -0.2) is 52.0 Å². The molecule has 2 rings (SSSR count). The Balaban J connectivity index is 2.26. The summed E-state index contributed by atoms with van der Waals surface area (Å²) in [6.07, 6.45) is -1.95. The molecule has 6 nitrogen and oxygen atoms in total. The van der Waals surface area contributed by atoms with Crippen LogP contribution in [0.25, 0.3) is 0 Å². The van der Waals surface area contributed by atoms with Crippen molar-refractivity contribution in [2.45, 2.75) is 69.7 Å². The Morgan fingerprint density at radius 2 is 1.77 bits per heavy atom. The van der Waals surface area contributed by atoms with E-state index in [0.717, 1.165) is 4.90 Å². The highest BCUT2D eigenvalue weighted by atomic mass is 19.3. The highest BCUT2D eigenvalue weighted by molar-refractivity contribution is 5.81. The summed E-state index contributed by atoms with van der Waals surface area (Å²) in [4.78, 5) is 24.7. The number of carbonyl (C=O) groups is 2. The van der Waals surface area contributed by atoms with E-state index in [-0.39, 0.29) is 19.4 Å². The molecule has 126 valence electrons. The largest absolute Gasteiger partial charge is 0.480 e. The van der Waals surface area contributed by atoms with E-state index in [1.54, 1.807) is 20.8 Å². The first-order valence-corrected chi connectivity index (χ1v) is 7.23. The molecule has 0 bridgehead atoms. The molecule has 1 aliphatic heterocycles. The fourth-order valence-corrected chi connectivity index (χ4v) is 2.84. The van der Waals surface area contributed by atoms with Gasteiger partial charge < -0.3 is 14.6 Å². The van der Waals surface area contributed by atoms with Gasteiger partial charge in [-0.25, -0.2) is 18.4 Å². The Hall–Kier alpha value is -1.44. The standard InChI is InChI=1S/C14H21F2NO5/c1-12(2,3)22-11(20)17-9(10(18)19)8-21-14(17)6-4-13(15,16)5-7-14/h9H,4-8H2,1-3H3,(H,18,19). The quantitative estimate of drug-likeness (QED) is 0.803. The maximum Gasteiger partial charge on any atom is 0.413 e. The van der Waals surface area contributed by atoms with Gasteiger partial charge in [-0.15, -0.1) is 0 Å². The molecule has 1 atom stereocenters. The minimum Gasteiger partial charge on any atom is -0.480 e. The summed E-state index contributed by atoms with van der Waals surface area (Å²) in [6.45, 7) is 4.73. The van der Waals surface area contributed by atoms with Gasteiger partial charge in [0.15, 0.2) is 6.04 Å². The summed E-state index contributed by atoms with van der Waals surface area (Å²) < 4.78 is 37.5. The maximum atomic E-state index is 13.4. The first-order valence-electron chi connectivity index (χ1n) is 7.23. The third-order valence-electron chi connectivity index (χ3n) is 3.90. The number of hydrogen-bond donors (Lipinski definition) is 1. The van der Waals surface area contributed by atoms with E-state index in [4.69, 9.17) is 9.47 Å². The van der Waals surface area contributed by atoms with Crippen LogP contribution in [0.15, 0.2) is 0 Å². The van der Waals surface area contributed by atoms with Gasteiger partial charge in [-0.1, -0.05) is 0 Å². The van der Waals surface area contributed by atoms with E-state index in [1.807, 2.05) is 0 Å². The van der Waals surface area contributed by atoms with Crippen LogP contribution < -0.4 is 0 Å². The highest BCUT2D eigenvalue weighted by Gasteiger charge is 2.57. The molecule has 0 aromatic carbocycles. The summed E-state index contributed by atoms with van der Waals surface area (Å²) in [7, 11) is 0. The third kappa shape index (κ3) is 3.31. The van der Waals surface area contributed by atoms with Gasteiger partial charge in [-0.05, 0) is 20.8 Å². The van der Waals surface area contributed by atoms with E-state index in [0.29, 0.717) is 0 Å². The van der Waals surface area contributed by atoms with Gasteiger partial charge in [0.2, 0.25) is 5.92 Å². The average molecular weight is 321 g/mol. The molecule has 0 aromatic heterocycles. The number of carboxylic acids is 1. The number of rotatable bonds is 1. The second-order valence-electron chi connectivity index (χ2n) is 6.82. The van der Waals surface area contributed by atoms with Crippen molar-refractivity contribution in [2.24, 2.45) is 0 Å². The van der Waals surface area contributed by atoms with Crippen molar-refractivity contribution >= 4 is 12.1 Å². The fourth-order valence-electron chi connectivity index (χ4n) is 2.84. The predicted molar refractivity (Wildman–Crippen MR) is 71.6 cm³/mol. The number of carboxylic acid groups (broad SMARTS) is 1. The fraction of sp³-hybridized carbons (Fsp3) is 0.857. The lowest BCUT2D eigenvalue weighted by atomic mass is 9.88. The molecule has 1 amide bonds. The van der Waals surface area contributed by atoms with Crippen molar-refractivity contribution in [1.82, 2.24) is 4.90 Å². The molecule has 1 aliphatic carbocycles. The Morgan fingerprint density at radius 3 is 2.23 bits per heavy atom. The van der Waals surface area contributed by atoms with E-state index in [1.165, 1.54) is 0 Å². The number of aliphatic carboxylic acids is 1. The van der Waals surface area contributed by atoms with Crippen molar-refractivity contribution in [3.05, 3.63) is 0 Å². The Kier molecular flexibility index (Phi) is 4.10. The molecule has 1 saturated heterocycles. The first kappa shape index (κ1) is 16.9. The normalized spacial score (nSPS) is 27.0. The topological polar surface area (TPSA) is 76.1 Å². The average Bonchev–Trinajstić information content (AvgIpc) is 2.71. The predicted octanol–water partition coefficient (Wildman–Crippen LogP) is 2.61. The number of alkyl halides is 2. The minimum atomic E-state index is -2.81. The molecule has 1 spiro atoms. The first-order chi connectivity index (χ1) is 9.96. The van der Waals surface area contributed by atoms with Crippen molar-refractivity contribution in [2.75, 3.05) is 6.61 Å². The molecule has 2 aliphatic rings. The lowest BCUT2D eigenvalue weighted by Gasteiger charge is -2.43. The molecular formula is C14H21F2NO5. The molecule has 0 radical (unpaired) electrons. The highest BCUT2D eigenvalue weighted by Crippen LogP contribution is 2.46. The summed E-state index contributed by atoms with van der Waals surface area (Å²) >= 11 is 0. The van der Waals surface area contributed by atoms with Crippen LogP contribution >= 0.6 is 0 Å². The van der Waals surface area contributed by atoms with Crippen LogP contribution in [0.5, 0.6) is 0 Å². The van der Waals surface area contributed by atoms with Crippen molar-refractivity contribution in [3.8, 4) is 0 Å². The molecule has 2 fully saturated rings. The lowest BCUT2D eigenvalue weighted by molar-refractivity contribution is -0.161. The van der Waals surface area contributed by atoms with Gasteiger partial charge in [-0.3, -0.25) is 4.90 Å².